The van der Waals surface area contributed by atoms with Gasteiger partial charge < -0.3 is 15.5 Å². The molecule has 7 aromatic rings. The number of anilines is 1. The lowest BCUT2D eigenvalue weighted by molar-refractivity contribution is 0.0936. The molecule has 8 rings (SSSR count). The van der Waals surface area contributed by atoms with Crippen molar-refractivity contribution in [3.05, 3.63) is 120 Å². The first-order valence-corrected chi connectivity index (χ1v) is 13.7. The molecule has 0 saturated heterocycles. The fourth-order valence-corrected chi connectivity index (χ4v) is 5.81. The van der Waals surface area contributed by atoms with Gasteiger partial charge in [-0.3, -0.25) is 9.36 Å². The molecule has 6 heterocycles. The minimum atomic E-state index is -0.0854. The molecular weight excluding hydrogens is 526 g/mol. The zero-order chi connectivity index (χ0) is 28.2. The van der Waals surface area contributed by atoms with E-state index in [1.807, 2.05) is 82.2 Å². The summed E-state index contributed by atoms with van der Waals surface area (Å²) in [5.74, 6) is 1.64. The molecule has 10 heteroatoms. The number of hydrogen-bond acceptors (Lipinski definition) is 6. The molecule has 0 saturated carbocycles. The molecule has 0 radical (unpaired) electrons. The molecule has 42 heavy (non-hydrogen) atoms. The number of nitrogen functional groups attached to an aromatic ring is 1. The second-order valence-corrected chi connectivity index (χ2v) is 10.4. The van der Waals surface area contributed by atoms with Crippen LogP contribution in [0.2, 0.25) is 0 Å². The SMILES string of the molecule is Nc1ncccc1-c1nc2ccc(-n3cccn3)nc2n1-c1ccc2c(c1)CC[C@@H]2NC(=O)c1ccc2cccn2c1. The first-order valence-electron chi connectivity index (χ1n) is 13.7. The summed E-state index contributed by atoms with van der Waals surface area (Å²) in [7, 11) is 0. The van der Waals surface area contributed by atoms with Gasteiger partial charge in [0, 0.05) is 42.2 Å². The Balaban J connectivity index is 1.19. The van der Waals surface area contributed by atoms with Crippen LogP contribution in [0, 0.1) is 0 Å². The van der Waals surface area contributed by atoms with E-state index in [2.05, 4.69) is 33.6 Å². The number of hydrogen-bond donors (Lipinski definition) is 2. The number of imidazole rings is 1. The summed E-state index contributed by atoms with van der Waals surface area (Å²) in [5.41, 5.74) is 13.3. The third-order valence-electron chi connectivity index (χ3n) is 7.86. The van der Waals surface area contributed by atoms with Crippen LogP contribution in [0.15, 0.2) is 104 Å². The maximum Gasteiger partial charge on any atom is 0.253 e. The number of fused-ring (bicyclic) bond motifs is 3. The number of benzene rings is 1. The fourth-order valence-electron chi connectivity index (χ4n) is 5.81. The number of nitrogens with two attached hydrogens (primary N) is 1. The van der Waals surface area contributed by atoms with E-state index in [4.69, 9.17) is 15.7 Å². The molecule has 1 aliphatic carbocycles. The van der Waals surface area contributed by atoms with E-state index in [9.17, 15) is 4.79 Å². The second kappa shape index (κ2) is 9.41. The summed E-state index contributed by atoms with van der Waals surface area (Å²) in [5, 5.41) is 7.59. The number of rotatable bonds is 5. The number of nitrogens with zero attached hydrogens (tertiary/aromatic N) is 7. The highest BCUT2D eigenvalue weighted by Gasteiger charge is 2.26. The van der Waals surface area contributed by atoms with E-state index in [0.29, 0.717) is 28.7 Å². The van der Waals surface area contributed by atoms with Gasteiger partial charge in [-0.15, -0.1) is 0 Å². The van der Waals surface area contributed by atoms with E-state index >= 15 is 0 Å². The van der Waals surface area contributed by atoms with E-state index in [-0.39, 0.29) is 11.9 Å². The fraction of sp³-hybridized carbons (Fsp3) is 0.0938. The molecule has 0 bridgehead atoms. The quantitative estimate of drug-likeness (QED) is 0.313. The largest absolute Gasteiger partial charge is 0.383 e. The molecule has 1 atom stereocenters. The van der Waals surface area contributed by atoms with Gasteiger partial charge in [-0.25, -0.2) is 19.6 Å². The molecule has 0 aliphatic heterocycles. The van der Waals surface area contributed by atoms with Gasteiger partial charge in [0.15, 0.2) is 17.3 Å². The predicted octanol–water partition coefficient (Wildman–Crippen LogP) is 4.92. The standard InChI is InChI=1S/C32H25N9O/c33-29-25(5-1-14-34-29)30-36-27-12-13-28(40-17-3-15-35-40)38-31(27)41(30)23-9-10-24-20(18-23)7-11-26(24)37-32(42)21-6-8-22-4-2-16-39(22)19-21/h1-6,8-10,12-19,26H,7,11H2,(H2,33,34)(H,37,42)/t26-/m0/s1. The van der Waals surface area contributed by atoms with Crippen molar-refractivity contribution < 1.29 is 4.79 Å². The monoisotopic (exact) mass is 551 g/mol. The molecule has 6 aromatic heterocycles. The maximum absolute atomic E-state index is 13.2. The minimum absolute atomic E-state index is 0.0700. The third kappa shape index (κ3) is 3.92. The Kier molecular flexibility index (Phi) is 5.39. The highest BCUT2D eigenvalue weighted by molar-refractivity contribution is 5.94. The van der Waals surface area contributed by atoms with Gasteiger partial charge in [0.25, 0.3) is 5.91 Å². The van der Waals surface area contributed by atoms with Gasteiger partial charge in [0.05, 0.1) is 17.2 Å². The predicted molar refractivity (Wildman–Crippen MR) is 160 cm³/mol. The number of nitrogens with one attached hydrogen (secondary N) is 1. The van der Waals surface area contributed by atoms with Crippen molar-refractivity contribution in [3.8, 4) is 22.9 Å². The van der Waals surface area contributed by atoms with Crippen LogP contribution in [0.1, 0.15) is 33.9 Å². The average molecular weight is 552 g/mol. The topological polar surface area (TPSA) is 121 Å². The lowest BCUT2D eigenvalue weighted by atomic mass is 10.1. The van der Waals surface area contributed by atoms with Crippen molar-refractivity contribution in [2.45, 2.75) is 18.9 Å². The van der Waals surface area contributed by atoms with Crippen LogP contribution in [-0.4, -0.2) is 39.6 Å². The van der Waals surface area contributed by atoms with Crippen molar-refractivity contribution in [1.82, 2.24) is 39.0 Å². The normalized spacial score (nSPS) is 14.4. The molecule has 1 aliphatic rings. The Bertz CT molecular complexity index is 2120. The van der Waals surface area contributed by atoms with Crippen LogP contribution in [0.4, 0.5) is 5.82 Å². The van der Waals surface area contributed by atoms with Gasteiger partial charge in [-0.05, 0) is 90.7 Å². The van der Waals surface area contributed by atoms with Gasteiger partial charge in [0.1, 0.15) is 11.3 Å². The van der Waals surface area contributed by atoms with Crippen LogP contribution < -0.4 is 11.1 Å². The zero-order valence-corrected chi connectivity index (χ0v) is 22.4. The molecule has 0 spiro atoms. The van der Waals surface area contributed by atoms with Crippen molar-refractivity contribution in [3.63, 3.8) is 0 Å². The Morgan fingerprint density at radius 1 is 0.952 bits per heavy atom. The van der Waals surface area contributed by atoms with Crippen LogP contribution in [0.25, 0.3) is 39.6 Å². The van der Waals surface area contributed by atoms with Crippen LogP contribution in [0.3, 0.4) is 0 Å². The molecule has 1 amide bonds. The first-order chi connectivity index (χ1) is 20.6. The van der Waals surface area contributed by atoms with E-state index < -0.39 is 0 Å². The minimum Gasteiger partial charge on any atom is -0.383 e. The highest BCUT2D eigenvalue weighted by atomic mass is 16.1. The van der Waals surface area contributed by atoms with Crippen molar-refractivity contribution in [2.24, 2.45) is 0 Å². The van der Waals surface area contributed by atoms with Crippen molar-refractivity contribution in [2.75, 3.05) is 5.73 Å². The Morgan fingerprint density at radius 2 is 1.90 bits per heavy atom. The van der Waals surface area contributed by atoms with Gasteiger partial charge in [-0.1, -0.05) is 6.07 Å². The second-order valence-electron chi connectivity index (χ2n) is 10.4. The number of carbonyl (C=O) groups is 1. The molecular formula is C32H25N9O. The van der Waals surface area contributed by atoms with Gasteiger partial charge >= 0.3 is 0 Å². The number of aromatic nitrogens is 7. The molecule has 3 N–H and O–H groups in total. The summed E-state index contributed by atoms with van der Waals surface area (Å²) in [4.78, 5) is 27.4. The average Bonchev–Trinajstić information content (AvgIpc) is 3.83. The van der Waals surface area contributed by atoms with E-state index in [1.165, 1.54) is 5.56 Å². The van der Waals surface area contributed by atoms with Crippen molar-refractivity contribution >= 4 is 28.4 Å². The van der Waals surface area contributed by atoms with Gasteiger partial charge in [0.2, 0.25) is 0 Å². The maximum atomic E-state index is 13.2. The third-order valence-corrected chi connectivity index (χ3v) is 7.86. The lowest BCUT2D eigenvalue weighted by Gasteiger charge is -2.16. The number of amides is 1. The smallest absolute Gasteiger partial charge is 0.253 e. The number of carbonyl (C=O) groups excluding carboxylic acids is 1. The molecule has 0 unspecified atom stereocenters. The summed E-state index contributed by atoms with van der Waals surface area (Å²) in [6, 6.07) is 23.5. The molecule has 204 valence electrons. The Morgan fingerprint density at radius 3 is 2.79 bits per heavy atom. The summed E-state index contributed by atoms with van der Waals surface area (Å²) >= 11 is 0. The Labute approximate surface area is 240 Å². The molecule has 0 fully saturated rings. The van der Waals surface area contributed by atoms with Crippen molar-refractivity contribution in [1.29, 1.82) is 0 Å². The molecule has 10 nitrogen and oxygen atoms in total. The van der Waals surface area contributed by atoms with E-state index in [0.717, 1.165) is 40.7 Å². The van der Waals surface area contributed by atoms with E-state index in [1.54, 1.807) is 17.1 Å². The zero-order valence-electron chi connectivity index (χ0n) is 22.4. The number of pyridine rings is 3. The summed E-state index contributed by atoms with van der Waals surface area (Å²) in [6.45, 7) is 0. The van der Waals surface area contributed by atoms with Crippen LogP contribution in [-0.2, 0) is 6.42 Å². The lowest BCUT2D eigenvalue weighted by Crippen LogP contribution is -2.27. The van der Waals surface area contributed by atoms with Crippen LogP contribution in [0.5, 0.6) is 0 Å². The molecule has 1 aromatic carbocycles. The number of aryl methyl sites for hydroxylation is 1. The first kappa shape index (κ1) is 24.1. The summed E-state index contributed by atoms with van der Waals surface area (Å²) in [6.07, 6.45) is 10.7. The Hall–Kier alpha value is -5.77. The highest BCUT2D eigenvalue weighted by Crippen LogP contribution is 2.36. The van der Waals surface area contributed by atoms with Crippen LogP contribution >= 0.6 is 0 Å². The van der Waals surface area contributed by atoms with Gasteiger partial charge in [-0.2, -0.15) is 5.10 Å². The summed E-state index contributed by atoms with van der Waals surface area (Å²) < 4.78 is 5.70.